The van der Waals surface area contributed by atoms with E-state index < -0.39 is 5.97 Å². The van der Waals surface area contributed by atoms with E-state index in [1.165, 1.54) is 25.6 Å². The summed E-state index contributed by atoms with van der Waals surface area (Å²) in [5, 5.41) is 14.8. The van der Waals surface area contributed by atoms with E-state index in [2.05, 4.69) is 36.4 Å². The molecule has 4 heteroatoms. The first-order valence-corrected chi connectivity index (χ1v) is 11.6. The average Bonchev–Trinajstić information content (AvgIpc) is 3.36. The molecule has 0 aliphatic heterocycles. The molecule has 0 radical (unpaired) electrons. The van der Waals surface area contributed by atoms with Crippen LogP contribution in [-0.2, 0) is 4.79 Å². The van der Waals surface area contributed by atoms with Crippen LogP contribution in [0.25, 0.3) is 52.0 Å². The maximum Gasteiger partial charge on any atom is 0.336 e. The molecule has 4 aromatic carbocycles. The van der Waals surface area contributed by atoms with E-state index in [0.717, 1.165) is 25.9 Å². The molecule has 0 bridgehead atoms. The second kappa shape index (κ2) is 7.05. The number of aliphatic carboxylic acids is 1. The van der Waals surface area contributed by atoms with Crippen molar-refractivity contribution in [2.24, 2.45) is 0 Å². The summed E-state index contributed by atoms with van der Waals surface area (Å²) in [5.41, 5.74) is 2.03. The summed E-state index contributed by atoms with van der Waals surface area (Å²) in [6.45, 7) is 0. The Bertz CT molecular complexity index is 1670. The molecule has 6 rings (SSSR count). The zero-order chi connectivity index (χ0) is 20.9. The Morgan fingerprint density at radius 2 is 1.19 bits per heavy atom. The van der Waals surface area contributed by atoms with Crippen LogP contribution in [0.3, 0.4) is 0 Å². The van der Waals surface area contributed by atoms with Crippen molar-refractivity contribution >= 4 is 80.6 Å². The fourth-order valence-electron chi connectivity index (χ4n) is 4.25. The molecule has 148 valence electrons. The van der Waals surface area contributed by atoms with Crippen LogP contribution >= 0.6 is 22.7 Å². The molecule has 0 aliphatic carbocycles. The monoisotopic (exact) mass is 436 g/mol. The zero-order valence-electron chi connectivity index (χ0n) is 16.3. The third-order valence-corrected chi connectivity index (χ3v) is 8.11. The maximum atomic E-state index is 12.4. The minimum absolute atomic E-state index is 0.321. The molecular weight excluding hydrogens is 420 g/mol. The Morgan fingerprint density at radius 1 is 0.645 bits per heavy atom. The Hall–Kier alpha value is -3.47. The molecule has 2 nitrogen and oxygen atoms in total. The standard InChI is InChI=1S/C27H16O2S2/c28-27(29)22(21-12-6-11-20-18-9-2-4-14-24(18)31-26(20)21)15-16-7-5-10-19-17-8-1-3-13-23(17)30-25(16)19/h1-15H,(H,28,29). The molecular formula is C27H16O2S2. The van der Waals surface area contributed by atoms with Gasteiger partial charge in [-0.1, -0.05) is 72.8 Å². The molecule has 6 aromatic rings. The van der Waals surface area contributed by atoms with Gasteiger partial charge in [0.25, 0.3) is 0 Å². The van der Waals surface area contributed by atoms with Gasteiger partial charge < -0.3 is 5.11 Å². The van der Waals surface area contributed by atoms with Gasteiger partial charge in [-0.15, -0.1) is 22.7 Å². The third kappa shape index (κ3) is 2.87. The summed E-state index contributed by atoms with van der Waals surface area (Å²) in [7, 11) is 0. The van der Waals surface area contributed by atoms with E-state index in [-0.39, 0.29) is 0 Å². The minimum atomic E-state index is -0.914. The second-order valence-corrected chi connectivity index (χ2v) is 9.57. The van der Waals surface area contributed by atoms with Crippen molar-refractivity contribution in [1.82, 2.24) is 0 Å². The Balaban J connectivity index is 1.63. The molecule has 0 saturated heterocycles. The molecule has 0 unspecified atom stereocenters. The lowest BCUT2D eigenvalue weighted by molar-refractivity contribution is -0.130. The normalized spacial score (nSPS) is 12.3. The van der Waals surface area contributed by atoms with Crippen LogP contribution in [0.4, 0.5) is 0 Å². The molecule has 31 heavy (non-hydrogen) atoms. The van der Waals surface area contributed by atoms with E-state index in [4.69, 9.17) is 0 Å². The quantitative estimate of drug-likeness (QED) is 0.225. The van der Waals surface area contributed by atoms with Gasteiger partial charge in [-0.3, -0.25) is 0 Å². The number of thiophene rings is 2. The van der Waals surface area contributed by atoms with E-state index in [0.29, 0.717) is 5.57 Å². The first-order chi connectivity index (χ1) is 15.2. The summed E-state index contributed by atoms with van der Waals surface area (Å²) < 4.78 is 4.51. The SMILES string of the molecule is O=C(O)C(=Cc1cccc2c1sc1ccccc12)c1cccc2c1sc1ccccc12. The lowest BCUT2D eigenvalue weighted by Gasteiger charge is -2.06. The highest BCUT2D eigenvalue weighted by molar-refractivity contribution is 7.26. The van der Waals surface area contributed by atoms with Crippen molar-refractivity contribution < 1.29 is 9.90 Å². The Morgan fingerprint density at radius 3 is 1.87 bits per heavy atom. The summed E-state index contributed by atoms with van der Waals surface area (Å²) in [5.74, 6) is -0.914. The summed E-state index contributed by atoms with van der Waals surface area (Å²) in [6, 6.07) is 28.6. The number of hydrogen-bond acceptors (Lipinski definition) is 3. The third-order valence-electron chi connectivity index (χ3n) is 5.66. The first kappa shape index (κ1) is 18.3. The van der Waals surface area contributed by atoms with Crippen molar-refractivity contribution in [1.29, 1.82) is 0 Å². The van der Waals surface area contributed by atoms with E-state index in [9.17, 15) is 9.90 Å². The number of carboxylic acids is 1. The fraction of sp³-hybridized carbons (Fsp3) is 0. The summed E-state index contributed by atoms with van der Waals surface area (Å²) in [6.07, 6.45) is 1.83. The van der Waals surface area contributed by atoms with Crippen molar-refractivity contribution in [3.8, 4) is 0 Å². The minimum Gasteiger partial charge on any atom is -0.478 e. The molecule has 0 fully saturated rings. The van der Waals surface area contributed by atoms with Crippen LogP contribution in [0.1, 0.15) is 11.1 Å². The highest BCUT2D eigenvalue weighted by atomic mass is 32.1. The van der Waals surface area contributed by atoms with Gasteiger partial charge in [-0.05, 0) is 23.8 Å². The molecule has 0 spiro atoms. The molecule has 1 N–H and O–H groups in total. The van der Waals surface area contributed by atoms with Crippen LogP contribution in [0, 0.1) is 0 Å². The van der Waals surface area contributed by atoms with Gasteiger partial charge in [0, 0.05) is 45.9 Å². The number of hydrogen-bond donors (Lipinski definition) is 1. The molecule has 0 amide bonds. The number of benzene rings is 4. The molecule has 2 aromatic heterocycles. The van der Waals surface area contributed by atoms with Gasteiger partial charge in [-0.2, -0.15) is 0 Å². The molecule has 0 aliphatic rings. The largest absolute Gasteiger partial charge is 0.478 e. The van der Waals surface area contributed by atoms with Crippen LogP contribution in [0.15, 0.2) is 84.9 Å². The smallest absolute Gasteiger partial charge is 0.336 e. The summed E-state index contributed by atoms with van der Waals surface area (Å²) >= 11 is 3.36. The fourth-order valence-corrected chi connectivity index (χ4v) is 6.67. The number of carbonyl (C=O) groups is 1. The molecule has 2 heterocycles. The Kier molecular flexibility index (Phi) is 4.16. The summed E-state index contributed by atoms with van der Waals surface area (Å²) in [4.78, 5) is 12.4. The van der Waals surface area contributed by atoms with Gasteiger partial charge in [0.05, 0.1) is 5.57 Å². The van der Waals surface area contributed by atoms with E-state index in [1.807, 2.05) is 54.6 Å². The van der Waals surface area contributed by atoms with Gasteiger partial charge in [0.2, 0.25) is 0 Å². The van der Waals surface area contributed by atoms with E-state index >= 15 is 0 Å². The highest BCUT2D eigenvalue weighted by Gasteiger charge is 2.17. The molecule has 0 saturated carbocycles. The lowest BCUT2D eigenvalue weighted by Crippen LogP contribution is -1.99. The predicted octanol–water partition coefficient (Wildman–Crippen LogP) is 8.05. The topological polar surface area (TPSA) is 37.3 Å². The van der Waals surface area contributed by atoms with Crippen LogP contribution in [-0.4, -0.2) is 11.1 Å². The number of rotatable bonds is 3. The van der Waals surface area contributed by atoms with Crippen LogP contribution in [0.5, 0.6) is 0 Å². The van der Waals surface area contributed by atoms with Crippen molar-refractivity contribution in [2.45, 2.75) is 0 Å². The number of carboxylic acid groups (broad SMARTS) is 1. The van der Waals surface area contributed by atoms with Crippen LogP contribution < -0.4 is 0 Å². The second-order valence-electron chi connectivity index (χ2n) is 7.47. The highest BCUT2D eigenvalue weighted by Crippen LogP contribution is 2.40. The molecule has 0 atom stereocenters. The lowest BCUT2D eigenvalue weighted by atomic mass is 9.99. The predicted molar refractivity (Wildman–Crippen MR) is 134 cm³/mol. The van der Waals surface area contributed by atoms with Gasteiger partial charge >= 0.3 is 5.97 Å². The van der Waals surface area contributed by atoms with Crippen molar-refractivity contribution in [2.75, 3.05) is 0 Å². The average molecular weight is 437 g/mol. The van der Waals surface area contributed by atoms with Gasteiger partial charge in [-0.25, -0.2) is 4.79 Å². The zero-order valence-corrected chi connectivity index (χ0v) is 18.0. The first-order valence-electron chi connectivity index (χ1n) is 9.96. The van der Waals surface area contributed by atoms with Gasteiger partial charge in [0.15, 0.2) is 0 Å². The van der Waals surface area contributed by atoms with Crippen molar-refractivity contribution in [3.05, 3.63) is 96.1 Å². The maximum absolute atomic E-state index is 12.4. The van der Waals surface area contributed by atoms with E-state index in [1.54, 1.807) is 22.7 Å². The van der Waals surface area contributed by atoms with Gasteiger partial charge in [0.1, 0.15) is 0 Å². The van der Waals surface area contributed by atoms with Crippen LogP contribution in [0.2, 0.25) is 0 Å². The number of fused-ring (bicyclic) bond motifs is 6. The Labute approximate surface area is 186 Å². The van der Waals surface area contributed by atoms with Crippen molar-refractivity contribution in [3.63, 3.8) is 0 Å².